The van der Waals surface area contributed by atoms with Gasteiger partial charge in [-0.25, -0.2) is 0 Å². The van der Waals surface area contributed by atoms with E-state index in [1.807, 2.05) is 29.2 Å². The van der Waals surface area contributed by atoms with Crippen LogP contribution in [0.15, 0.2) is 30.5 Å². The molecule has 10 nitrogen and oxygen atoms in total. The Labute approximate surface area is 174 Å². The average Bonchev–Trinajstić information content (AvgIpc) is 3.28. The SMILES string of the molecule is COCCOc1ncc([N+](=O)[O-])c(NCc2ccc(CC(=O)N3CCCC3)cc2)n1. The van der Waals surface area contributed by atoms with Crippen molar-refractivity contribution in [2.75, 3.05) is 38.7 Å². The topological polar surface area (TPSA) is 120 Å². The third-order valence-electron chi connectivity index (χ3n) is 4.76. The van der Waals surface area contributed by atoms with Crippen molar-refractivity contribution in [3.05, 3.63) is 51.7 Å². The summed E-state index contributed by atoms with van der Waals surface area (Å²) in [6, 6.07) is 7.62. The summed E-state index contributed by atoms with van der Waals surface area (Å²) in [5, 5.41) is 14.2. The molecule has 0 aliphatic carbocycles. The van der Waals surface area contributed by atoms with Crippen molar-refractivity contribution in [1.29, 1.82) is 0 Å². The van der Waals surface area contributed by atoms with Gasteiger partial charge in [0, 0.05) is 26.7 Å². The van der Waals surface area contributed by atoms with Crippen LogP contribution in [0.25, 0.3) is 0 Å². The van der Waals surface area contributed by atoms with Crippen molar-refractivity contribution in [2.24, 2.45) is 0 Å². The molecular weight excluding hydrogens is 390 g/mol. The predicted molar refractivity (Wildman–Crippen MR) is 109 cm³/mol. The van der Waals surface area contributed by atoms with Crippen LogP contribution in [-0.4, -0.2) is 59.1 Å². The van der Waals surface area contributed by atoms with Gasteiger partial charge in [0.2, 0.25) is 11.7 Å². The van der Waals surface area contributed by atoms with Crippen LogP contribution in [0.5, 0.6) is 6.01 Å². The molecule has 1 amide bonds. The van der Waals surface area contributed by atoms with Crippen LogP contribution in [0, 0.1) is 10.1 Å². The lowest BCUT2D eigenvalue weighted by atomic mass is 10.1. The Morgan fingerprint density at radius 1 is 1.20 bits per heavy atom. The van der Waals surface area contributed by atoms with E-state index in [0.717, 1.165) is 43.3 Å². The number of aromatic nitrogens is 2. The summed E-state index contributed by atoms with van der Waals surface area (Å²) >= 11 is 0. The number of carbonyl (C=O) groups is 1. The molecule has 30 heavy (non-hydrogen) atoms. The average molecular weight is 415 g/mol. The molecule has 0 radical (unpaired) electrons. The van der Waals surface area contributed by atoms with Gasteiger partial charge in [0.05, 0.1) is 18.0 Å². The van der Waals surface area contributed by atoms with E-state index in [4.69, 9.17) is 9.47 Å². The summed E-state index contributed by atoms with van der Waals surface area (Å²) in [7, 11) is 1.54. The standard InChI is InChI=1S/C20H25N5O5/c1-29-10-11-30-20-22-14-17(25(27)28)19(23-20)21-13-16-6-4-15(5-7-16)12-18(26)24-8-2-3-9-24/h4-7,14H,2-3,8-13H2,1H3,(H,21,22,23). The zero-order chi connectivity index (χ0) is 21.3. The maximum atomic E-state index is 12.3. The summed E-state index contributed by atoms with van der Waals surface area (Å²) in [5.74, 6) is 0.228. The van der Waals surface area contributed by atoms with Crippen LogP contribution < -0.4 is 10.1 Å². The van der Waals surface area contributed by atoms with E-state index in [2.05, 4.69) is 15.3 Å². The number of carbonyl (C=O) groups excluding carboxylic acids is 1. The zero-order valence-corrected chi connectivity index (χ0v) is 16.9. The first-order valence-electron chi connectivity index (χ1n) is 9.79. The molecule has 1 saturated heterocycles. The normalized spacial score (nSPS) is 13.3. The molecule has 10 heteroatoms. The summed E-state index contributed by atoms with van der Waals surface area (Å²) in [5.41, 5.74) is 1.61. The number of nitro groups is 1. The molecule has 3 rings (SSSR count). The Hall–Kier alpha value is -3.27. The number of amides is 1. The van der Waals surface area contributed by atoms with Gasteiger partial charge < -0.3 is 19.7 Å². The molecule has 0 unspecified atom stereocenters. The van der Waals surface area contributed by atoms with Crippen molar-refractivity contribution in [1.82, 2.24) is 14.9 Å². The first-order valence-corrected chi connectivity index (χ1v) is 9.79. The lowest BCUT2D eigenvalue weighted by molar-refractivity contribution is -0.384. The minimum absolute atomic E-state index is 0.0379. The first kappa shape index (κ1) is 21.4. The highest BCUT2D eigenvalue weighted by Gasteiger charge is 2.19. The van der Waals surface area contributed by atoms with Crippen molar-refractivity contribution in [2.45, 2.75) is 25.8 Å². The van der Waals surface area contributed by atoms with E-state index < -0.39 is 4.92 Å². The van der Waals surface area contributed by atoms with Gasteiger partial charge >= 0.3 is 11.7 Å². The summed E-state index contributed by atoms with van der Waals surface area (Å²) in [6.45, 7) is 2.61. The van der Waals surface area contributed by atoms with Gasteiger partial charge in [-0.05, 0) is 24.0 Å². The van der Waals surface area contributed by atoms with E-state index in [0.29, 0.717) is 19.6 Å². The number of nitrogens with one attached hydrogen (secondary N) is 1. The minimum atomic E-state index is -0.547. The first-order chi connectivity index (χ1) is 14.6. The molecule has 1 aromatic carbocycles. The highest BCUT2D eigenvalue weighted by atomic mass is 16.6. The second kappa shape index (κ2) is 10.5. The summed E-state index contributed by atoms with van der Waals surface area (Å²) in [4.78, 5) is 32.8. The van der Waals surface area contributed by atoms with Crippen molar-refractivity contribution in [3.8, 4) is 6.01 Å². The van der Waals surface area contributed by atoms with Gasteiger partial charge in [-0.1, -0.05) is 24.3 Å². The Kier molecular flexibility index (Phi) is 7.50. The van der Waals surface area contributed by atoms with E-state index >= 15 is 0 Å². The fraction of sp³-hybridized carbons (Fsp3) is 0.450. The maximum Gasteiger partial charge on any atom is 0.329 e. The number of hydrogen-bond donors (Lipinski definition) is 1. The third-order valence-corrected chi connectivity index (χ3v) is 4.76. The van der Waals surface area contributed by atoms with Gasteiger partial charge in [0.25, 0.3) is 0 Å². The summed E-state index contributed by atoms with van der Waals surface area (Å²) in [6.07, 6.45) is 3.65. The smallest absolute Gasteiger partial charge is 0.329 e. The van der Waals surface area contributed by atoms with Crippen molar-refractivity contribution < 1.29 is 19.2 Å². The number of nitrogens with zero attached hydrogens (tertiary/aromatic N) is 4. The quantitative estimate of drug-likeness (QED) is 0.356. The fourth-order valence-corrected chi connectivity index (χ4v) is 3.12. The molecular formula is C20H25N5O5. The Balaban J connectivity index is 1.60. The van der Waals surface area contributed by atoms with Crippen LogP contribution in [0.4, 0.5) is 11.5 Å². The minimum Gasteiger partial charge on any atom is -0.461 e. The number of anilines is 1. The predicted octanol–water partition coefficient (Wildman–Crippen LogP) is 2.19. The monoisotopic (exact) mass is 415 g/mol. The number of rotatable bonds is 10. The van der Waals surface area contributed by atoms with Crippen LogP contribution in [0.2, 0.25) is 0 Å². The molecule has 2 heterocycles. The second-order valence-electron chi connectivity index (χ2n) is 6.92. The molecule has 1 fully saturated rings. The van der Waals surface area contributed by atoms with Crippen LogP contribution in [-0.2, 0) is 22.5 Å². The molecule has 2 aromatic rings. The number of ether oxygens (including phenoxy) is 2. The van der Waals surface area contributed by atoms with Crippen molar-refractivity contribution >= 4 is 17.4 Å². The van der Waals surface area contributed by atoms with Crippen LogP contribution in [0.3, 0.4) is 0 Å². The van der Waals surface area contributed by atoms with Crippen LogP contribution in [0.1, 0.15) is 24.0 Å². The van der Waals surface area contributed by atoms with E-state index in [9.17, 15) is 14.9 Å². The zero-order valence-electron chi connectivity index (χ0n) is 16.9. The van der Waals surface area contributed by atoms with E-state index in [-0.39, 0.29) is 30.0 Å². The lowest BCUT2D eigenvalue weighted by Crippen LogP contribution is -2.29. The maximum absolute atomic E-state index is 12.3. The van der Waals surface area contributed by atoms with Crippen molar-refractivity contribution in [3.63, 3.8) is 0 Å². The number of likely N-dealkylation sites (tertiary alicyclic amines) is 1. The van der Waals surface area contributed by atoms with E-state index in [1.54, 1.807) is 7.11 Å². The molecule has 1 aromatic heterocycles. The molecule has 0 atom stereocenters. The summed E-state index contributed by atoms with van der Waals surface area (Å²) < 4.78 is 10.2. The molecule has 160 valence electrons. The molecule has 1 N–H and O–H groups in total. The third kappa shape index (κ3) is 5.86. The van der Waals surface area contributed by atoms with Gasteiger partial charge in [-0.2, -0.15) is 9.97 Å². The lowest BCUT2D eigenvalue weighted by Gasteiger charge is -2.15. The Morgan fingerprint density at radius 2 is 1.90 bits per heavy atom. The van der Waals surface area contributed by atoms with Gasteiger partial charge in [-0.3, -0.25) is 14.9 Å². The molecule has 0 saturated carbocycles. The van der Waals surface area contributed by atoms with Gasteiger partial charge in [-0.15, -0.1) is 0 Å². The Morgan fingerprint density at radius 3 is 2.57 bits per heavy atom. The van der Waals surface area contributed by atoms with Gasteiger partial charge in [0.1, 0.15) is 12.8 Å². The highest BCUT2D eigenvalue weighted by molar-refractivity contribution is 5.79. The highest BCUT2D eigenvalue weighted by Crippen LogP contribution is 2.23. The second-order valence-corrected chi connectivity index (χ2v) is 6.92. The van der Waals surface area contributed by atoms with E-state index in [1.165, 1.54) is 0 Å². The van der Waals surface area contributed by atoms with Crippen LogP contribution >= 0.6 is 0 Å². The largest absolute Gasteiger partial charge is 0.461 e. The number of hydrogen-bond acceptors (Lipinski definition) is 8. The van der Waals surface area contributed by atoms with Gasteiger partial charge in [0.15, 0.2) is 0 Å². The molecule has 0 bridgehead atoms. The molecule has 0 spiro atoms. The number of benzene rings is 1. The molecule has 1 aliphatic heterocycles. The Bertz CT molecular complexity index is 868. The fourth-order valence-electron chi connectivity index (χ4n) is 3.12. The molecule has 1 aliphatic rings. The number of methoxy groups -OCH3 is 1.